The number of aliphatic hydroxyl groups is 1. The normalized spacial score (nSPS) is 12.4. The van der Waals surface area contributed by atoms with Crippen LogP contribution in [0.5, 0.6) is 5.75 Å². The molecule has 1 unspecified atom stereocenters. The minimum atomic E-state index is -0.609. The van der Waals surface area contributed by atoms with E-state index < -0.39 is 6.10 Å². The third-order valence-electron chi connectivity index (χ3n) is 2.34. The number of aryl methyl sites for hydroxylation is 1. The summed E-state index contributed by atoms with van der Waals surface area (Å²) in [6.45, 7) is 3.61. The summed E-state index contributed by atoms with van der Waals surface area (Å²) in [5.41, 5.74) is 0.709. The molecule has 0 radical (unpaired) electrons. The van der Waals surface area contributed by atoms with Crippen LogP contribution in [0.3, 0.4) is 0 Å². The molecular weight excluding hydrogens is 300 g/mol. The Hall–Kier alpha value is -1.40. The number of ether oxygens (including phenoxy) is 1. The monoisotopic (exact) mass is 312 g/mol. The molecule has 0 spiro atoms. The van der Waals surface area contributed by atoms with Gasteiger partial charge in [-0.15, -0.1) is 0 Å². The molecule has 0 saturated carbocycles. The predicted octanol–water partition coefficient (Wildman–Crippen LogP) is 2.77. The van der Waals surface area contributed by atoms with Crippen LogP contribution in [0.2, 0.25) is 0 Å². The molecule has 5 nitrogen and oxygen atoms in total. The molecule has 0 saturated heterocycles. The van der Waals surface area contributed by atoms with Crippen LogP contribution in [0.1, 0.15) is 30.3 Å². The van der Waals surface area contributed by atoms with E-state index in [9.17, 15) is 5.11 Å². The molecule has 18 heavy (non-hydrogen) atoms. The maximum absolute atomic E-state index is 9.68. The van der Waals surface area contributed by atoms with Gasteiger partial charge >= 0.3 is 0 Å². The quantitative estimate of drug-likeness (QED) is 0.940. The molecule has 1 aromatic carbocycles. The Kier molecular flexibility index (Phi) is 3.98. The fourth-order valence-corrected chi connectivity index (χ4v) is 1.89. The average molecular weight is 313 g/mol. The van der Waals surface area contributed by atoms with Crippen LogP contribution in [0, 0.1) is 6.92 Å². The minimum Gasteiger partial charge on any atom is -0.483 e. The zero-order valence-corrected chi connectivity index (χ0v) is 11.6. The first-order valence-corrected chi connectivity index (χ1v) is 6.25. The van der Waals surface area contributed by atoms with Gasteiger partial charge in [0.1, 0.15) is 5.75 Å². The van der Waals surface area contributed by atoms with Crippen LogP contribution in [-0.4, -0.2) is 15.2 Å². The largest absolute Gasteiger partial charge is 0.483 e. The summed E-state index contributed by atoms with van der Waals surface area (Å²) >= 11 is 3.36. The van der Waals surface area contributed by atoms with Gasteiger partial charge in [-0.05, 0) is 32.0 Å². The van der Waals surface area contributed by atoms with Crippen LogP contribution < -0.4 is 4.74 Å². The first kappa shape index (κ1) is 13.0. The molecule has 0 aliphatic rings. The van der Waals surface area contributed by atoms with Gasteiger partial charge < -0.3 is 14.4 Å². The molecule has 2 aromatic rings. The Morgan fingerprint density at radius 3 is 2.89 bits per heavy atom. The molecule has 0 bridgehead atoms. The highest BCUT2D eigenvalue weighted by atomic mass is 79.9. The molecular formula is C12H13BrN2O3. The highest BCUT2D eigenvalue weighted by Gasteiger charge is 2.11. The lowest BCUT2D eigenvalue weighted by molar-refractivity contribution is 0.185. The van der Waals surface area contributed by atoms with Crippen molar-refractivity contribution in [3.8, 4) is 5.75 Å². The van der Waals surface area contributed by atoms with Gasteiger partial charge in [0.05, 0.1) is 6.10 Å². The van der Waals surface area contributed by atoms with Crippen molar-refractivity contribution in [2.75, 3.05) is 0 Å². The van der Waals surface area contributed by atoms with E-state index in [0.29, 0.717) is 23.0 Å². The summed E-state index contributed by atoms with van der Waals surface area (Å²) in [5, 5.41) is 13.4. The second-order valence-electron chi connectivity index (χ2n) is 3.88. The van der Waals surface area contributed by atoms with Gasteiger partial charge in [-0.2, -0.15) is 4.98 Å². The smallest absolute Gasteiger partial charge is 0.264 e. The van der Waals surface area contributed by atoms with Crippen molar-refractivity contribution in [2.45, 2.75) is 26.6 Å². The van der Waals surface area contributed by atoms with Crippen LogP contribution in [0.15, 0.2) is 27.2 Å². The van der Waals surface area contributed by atoms with Crippen LogP contribution in [0.4, 0.5) is 0 Å². The number of benzene rings is 1. The maximum atomic E-state index is 9.68. The lowest BCUT2D eigenvalue weighted by Crippen LogP contribution is -2.01. The van der Waals surface area contributed by atoms with Crippen molar-refractivity contribution in [1.82, 2.24) is 10.1 Å². The summed E-state index contributed by atoms with van der Waals surface area (Å²) in [7, 11) is 0. The van der Waals surface area contributed by atoms with Crippen LogP contribution in [-0.2, 0) is 6.61 Å². The Morgan fingerprint density at radius 1 is 1.50 bits per heavy atom. The number of nitrogens with zero attached hydrogens (tertiary/aromatic N) is 2. The van der Waals surface area contributed by atoms with Gasteiger partial charge in [-0.3, -0.25) is 0 Å². The highest BCUT2D eigenvalue weighted by molar-refractivity contribution is 9.10. The van der Waals surface area contributed by atoms with E-state index in [4.69, 9.17) is 9.26 Å². The van der Waals surface area contributed by atoms with E-state index in [2.05, 4.69) is 26.1 Å². The summed E-state index contributed by atoms with van der Waals surface area (Å²) in [5.74, 6) is 1.58. The fraction of sp³-hybridized carbons (Fsp3) is 0.333. The standard InChI is InChI=1S/C12H13BrN2O3/c1-7(16)10-5-9(13)3-4-11(10)17-6-12-14-8(2)15-18-12/h3-5,7,16H,6H2,1-2H3. The van der Waals surface area contributed by atoms with E-state index in [0.717, 1.165) is 4.47 Å². The molecule has 0 aliphatic heterocycles. The number of aliphatic hydroxyl groups excluding tert-OH is 1. The van der Waals surface area contributed by atoms with Gasteiger partial charge in [0, 0.05) is 10.0 Å². The zero-order chi connectivity index (χ0) is 13.1. The number of halogens is 1. The highest BCUT2D eigenvalue weighted by Crippen LogP contribution is 2.28. The minimum absolute atomic E-state index is 0.183. The SMILES string of the molecule is Cc1noc(COc2ccc(Br)cc2C(C)O)n1. The predicted molar refractivity (Wildman–Crippen MR) is 68.1 cm³/mol. The van der Waals surface area contributed by atoms with Gasteiger partial charge in [0.15, 0.2) is 12.4 Å². The van der Waals surface area contributed by atoms with Crippen molar-refractivity contribution < 1.29 is 14.4 Å². The van der Waals surface area contributed by atoms with E-state index in [-0.39, 0.29) is 6.61 Å². The molecule has 0 aliphatic carbocycles. The number of rotatable bonds is 4. The first-order valence-electron chi connectivity index (χ1n) is 5.46. The van der Waals surface area contributed by atoms with Gasteiger partial charge in [0.25, 0.3) is 5.89 Å². The van der Waals surface area contributed by atoms with Crippen molar-refractivity contribution in [3.05, 3.63) is 40.0 Å². The lowest BCUT2D eigenvalue weighted by atomic mass is 10.1. The van der Waals surface area contributed by atoms with Crippen molar-refractivity contribution in [3.63, 3.8) is 0 Å². The number of hydrogen-bond acceptors (Lipinski definition) is 5. The first-order chi connectivity index (χ1) is 8.56. The third kappa shape index (κ3) is 3.08. The second-order valence-corrected chi connectivity index (χ2v) is 4.80. The summed E-state index contributed by atoms with van der Waals surface area (Å²) in [4.78, 5) is 4.04. The topological polar surface area (TPSA) is 68.4 Å². The van der Waals surface area contributed by atoms with Crippen molar-refractivity contribution in [2.24, 2.45) is 0 Å². The van der Waals surface area contributed by atoms with Crippen molar-refractivity contribution >= 4 is 15.9 Å². The molecule has 6 heteroatoms. The summed E-state index contributed by atoms with van der Waals surface area (Å²) in [6.07, 6.45) is -0.609. The lowest BCUT2D eigenvalue weighted by Gasteiger charge is -2.12. The maximum Gasteiger partial charge on any atom is 0.264 e. The Labute approximate surface area is 113 Å². The Balaban J connectivity index is 2.13. The molecule has 1 N–H and O–H groups in total. The Bertz CT molecular complexity index is 540. The molecule has 1 aromatic heterocycles. The Morgan fingerprint density at radius 2 is 2.28 bits per heavy atom. The molecule has 0 fully saturated rings. The molecule has 2 rings (SSSR count). The third-order valence-corrected chi connectivity index (χ3v) is 2.84. The summed E-state index contributed by atoms with van der Waals surface area (Å²) < 4.78 is 11.4. The molecule has 1 heterocycles. The van der Waals surface area contributed by atoms with Crippen LogP contribution >= 0.6 is 15.9 Å². The van der Waals surface area contributed by atoms with E-state index >= 15 is 0 Å². The van der Waals surface area contributed by atoms with Gasteiger partial charge in [-0.25, -0.2) is 0 Å². The second kappa shape index (κ2) is 5.49. The zero-order valence-electron chi connectivity index (χ0n) is 10.1. The van der Waals surface area contributed by atoms with Gasteiger partial charge in [-0.1, -0.05) is 21.1 Å². The van der Waals surface area contributed by atoms with Gasteiger partial charge in [0.2, 0.25) is 0 Å². The molecule has 96 valence electrons. The fourth-order valence-electron chi connectivity index (χ4n) is 1.52. The molecule has 1 atom stereocenters. The van der Waals surface area contributed by atoms with E-state index in [1.165, 1.54) is 0 Å². The average Bonchev–Trinajstić information content (AvgIpc) is 2.73. The number of hydrogen-bond donors (Lipinski definition) is 1. The summed E-state index contributed by atoms with van der Waals surface area (Å²) in [6, 6.07) is 5.45. The van der Waals surface area contributed by atoms with E-state index in [1.54, 1.807) is 19.9 Å². The van der Waals surface area contributed by atoms with E-state index in [1.807, 2.05) is 12.1 Å². The number of aromatic nitrogens is 2. The van der Waals surface area contributed by atoms with Crippen LogP contribution in [0.25, 0.3) is 0 Å². The molecule has 0 amide bonds. The van der Waals surface area contributed by atoms with Crippen molar-refractivity contribution in [1.29, 1.82) is 0 Å².